The van der Waals surface area contributed by atoms with Crippen LogP contribution >= 0.6 is 0 Å². The van der Waals surface area contributed by atoms with Crippen molar-refractivity contribution in [2.75, 3.05) is 0 Å². The zero-order valence-electron chi connectivity index (χ0n) is 23.0. The van der Waals surface area contributed by atoms with Crippen molar-refractivity contribution in [1.29, 1.82) is 0 Å². The number of ketones is 2. The van der Waals surface area contributed by atoms with Gasteiger partial charge in [0.15, 0.2) is 5.78 Å². The Kier molecular flexibility index (Phi) is 7.29. The molecule has 1 spiro atoms. The Morgan fingerprint density at radius 1 is 1.11 bits per heavy atom. The Labute approximate surface area is 210 Å². The number of hydrogen-bond acceptors (Lipinski definition) is 5. The van der Waals surface area contributed by atoms with Gasteiger partial charge in [-0.1, -0.05) is 54.0 Å². The van der Waals surface area contributed by atoms with E-state index >= 15 is 0 Å². The van der Waals surface area contributed by atoms with Crippen LogP contribution in [-0.4, -0.2) is 45.1 Å². The lowest BCUT2D eigenvalue weighted by Gasteiger charge is -2.64. The fourth-order valence-corrected chi connectivity index (χ4v) is 9.07. The van der Waals surface area contributed by atoms with E-state index in [2.05, 4.69) is 20.8 Å². The molecule has 0 aromatic heterocycles. The van der Waals surface area contributed by atoms with E-state index in [4.69, 9.17) is 4.74 Å². The highest BCUT2D eigenvalue weighted by Gasteiger charge is 2.86. The minimum atomic E-state index is -1.07. The van der Waals surface area contributed by atoms with Gasteiger partial charge in [-0.05, 0) is 57.4 Å². The van der Waals surface area contributed by atoms with Crippen molar-refractivity contribution in [2.24, 2.45) is 28.1 Å². The fourth-order valence-electron chi connectivity index (χ4n) is 9.07. The Balaban J connectivity index is 0.000000815. The summed E-state index contributed by atoms with van der Waals surface area (Å²) in [5.74, 6) is -0.858. The molecular formula is C29H46O6. The van der Waals surface area contributed by atoms with Crippen LogP contribution in [0.25, 0.3) is 0 Å². The van der Waals surface area contributed by atoms with Crippen molar-refractivity contribution in [3.63, 3.8) is 0 Å². The van der Waals surface area contributed by atoms with Gasteiger partial charge < -0.3 is 14.9 Å². The second-order valence-corrected chi connectivity index (χ2v) is 11.6. The summed E-state index contributed by atoms with van der Waals surface area (Å²) in [4.78, 5) is 36.6. The molecule has 198 valence electrons. The molecule has 5 rings (SSSR count). The van der Waals surface area contributed by atoms with Crippen molar-refractivity contribution in [1.82, 2.24) is 0 Å². The molecule has 3 saturated carbocycles. The number of carbonyl (C=O) groups excluding carboxylic acids is 2. The third kappa shape index (κ3) is 3.45. The Bertz CT molecular complexity index is 924. The molecule has 0 aromatic rings. The molecule has 0 unspecified atom stereocenters. The highest BCUT2D eigenvalue weighted by molar-refractivity contribution is 5.92. The van der Waals surface area contributed by atoms with Gasteiger partial charge in [0.25, 0.3) is 0 Å². The predicted molar refractivity (Wildman–Crippen MR) is 135 cm³/mol. The minimum Gasteiger partial charge on any atom is -0.481 e. The molecule has 35 heavy (non-hydrogen) atoms. The largest absolute Gasteiger partial charge is 0.481 e. The maximum Gasteiger partial charge on any atom is 0.303 e. The lowest BCUT2D eigenvalue weighted by molar-refractivity contribution is -0.175. The normalized spacial score (nSPS) is 46.7. The lowest BCUT2D eigenvalue weighted by atomic mass is 9.37. The summed E-state index contributed by atoms with van der Waals surface area (Å²) >= 11 is 0. The van der Waals surface area contributed by atoms with Crippen molar-refractivity contribution < 1.29 is 29.3 Å². The van der Waals surface area contributed by atoms with Crippen LogP contribution in [-0.2, 0) is 19.1 Å². The number of Topliss-reactive ketones (excluding diaryl/α,β-unsaturated/α-hetero) is 1. The molecule has 8 atom stereocenters. The highest BCUT2D eigenvalue weighted by atomic mass is 16.6. The number of rotatable bonds is 4. The third-order valence-corrected chi connectivity index (χ3v) is 10.7. The van der Waals surface area contributed by atoms with Crippen LogP contribution in [0.4, 0.5) is 0 Å². The van der Waals surface area contributed by atoms with E-state index < -0.39 is 28.0 Å². The Morgan fingerprint density at radius 2 is 1.74 bits per heavy atom. The van der Waals surface area contributed by atoms with Gasteiger partial charge in [-0.2, -0.15) is 0 Å². The molecule has 1 heterocycles. The maximum atomic E-state index is 13.0. The van der Waals surface area contributed by atoms with Crippen molar-refractivity contribution in [2.45, 2.75) is 124 Å². The molecule has 5 aliphatic rings. The average molecular weight is 491 g/mol. The summed E-state index contributed by atoms with van der Waals surface area (Å²) < 4.78 is 6.65. The number of fused-ring (bicyclic) bond motifs is 3. The van der Waals surface area contributed by atoms with Crippen LogP contribution in [0.2, 0.25) is 0 Å². The number of hydrogen-bond donors (Lipinski definition) is 2. The molecule has 0 aromatic carbocycles. The molecular weight excluding hydrogens is 444 g/mol. The first-order chi connectivity index (χ1) is 16.4. The summed E-state index contributed by atoms with van der Waals surface area (Å²) in [6, 6.07) is 0. The van der Waals surface area contributed by atoms with Gasteiger partial charge in [-0.15, -0.1) is 0 Å². The van der Waals surface area contributed by atoms with Crippen LogP contribution < -0.4 is 0 Å². The lowest BCUT2D eigenvalue weighted by Crippen LogP contribution is -2.68. The van der Waals surface area contributed by atoms with E-state index in [-0.39, 0.29) is 47.8 Å². The van der Waals surface area contributed by atoms with E-state index in [1.165, 1.54) is 0 Å². The van der Waals surface area contributed by atoms with E-state index in [1.807, 2.05) is 27.7 Å². The molecule has 4 aliphatic carbocycles. The summed E-state index contributed by atoms with van der Waals surface area (Å²) in [7, 11) is 0. The van der Waals surface area contributed by atoms with Crippen LogP contribution in [0.5, 0.6) is 0 Å². The summed E-state index contributed by atoms with van der Waals surface area (Å²) in [6.45, 7) is 16.2. The van der Waals surface area contributed by atoms with Gasteiger partial charge in [0.2, 0.25) is 0 Å². The summed E-state index contributed by atoms with van der Waals surface area (Å²) in [5.41, 5.74) is -1.75. The molecule has 0 bridgehead atoms. The monoisotopic (exact) mass is 490 g/mol. The smallest absolute Gasteiger partial charge is 0.303 e. The molecule has 6 heteroatoms. The van der Waals surface area contributed by atoms with E-state index in [0.29, 0.717) is 25.7 Å². The number of epoxide rings is 1. The van der Waals surface area contributed by atoms with E-state index in [1.54, 1.807) is 13.0 Å². The second kappa shape index (κ2) is 9.09. The molecule has 0 amide bonds. The number of aliphatic hydroxyl groups is 1. The van der Waals surface area contributed by atoms with Gasteiger partial charge in [0.05, 0.1) is 11.7 Å². The molecule has 6 nitrogen and oxygen atoms in total. The van der Waals surface area contributed by atoms with Crippen LogP contribution in [0.3, 0.4) is 0 Å². The predicted octanol–water partition coefficient (Wildman–Crippen LogP) is 5.50. The Hall–Kier alpha value is -1.53. The van der Waals surface area contributed by atoms with E-state index in [0.717, 1.165) is 18.4 Å². The molecule has 2 N–H and O–H groups in total. The molecule has 4 fully saturated rings. The third-order valence-electron chi connectivity index (χ3n) is 10.7. The van der Waals surface area contributed by atoms with Gasteiger partial charge >= 0.3 is 5.97 Å². The van der Waals surface area contributed by atoms with Crippen LogP contribution in [0.15, 0.2) is 11.6 Å². The zero-order valence-corrected chi connectivity index (χ0v) is 23.0. The van der Waals surface area contributed by atoms with Gasteiger partial charge in [0.1, 0.15) is 11.4 Å². The number of carboxylic acid groups (broad SMARTS) is 1. The maximum absolute atomic E-state index is 13.0. The van der Waals surface area contributed by atoms with Gasteiger partial charge in [0, 0.05) is 35.0 Å². The summed E-state index contributed by atoms with van der Waals surface area (Å²) in [5, 5.41) is 21.0. The molecule has 1 saturated heterocycles. The number of carbonyl (C=O) groups is 3. The Morgan fingerprint density at radius 3 is 2.31 bits per heavy atom. The van der Waals surface area contributed by atoms with Crippen molar-refractivity contribution in [3.05, 3.63) is 11.6 Å². The quantitative estimate of drug-likeness (QED) is 0.504. The summed E-state index contributed by atoms with van der Waals surface area (Å²) in [6.07, 6.45) is 5.67. The van der Waals surface area contributed by atoms with Crippen LogP contribution in [0.1, 0.15) is 107 Å². The first-order valence-electron chi connectivity index (χ1n) is 13.7. The number of carboxylic acids is 1. The average Bonchev–Trinajstić information content (AvgIpc) is 3.49. The minimum absolute atomic E-state index is 0.0578. The number of ether oxygens (including phenoxy) is 1. The topological polar surface area (TPSA) is 104 Å². The SMILES string of the molecule is CC.CC.CC(=O)[C@@H]1CC2=CC(=O)CC[C@]2(C)[C@@]23O[C@@H]2C[C@@]2(C)[C@@H](CC[C@@]2(O)CCC(=O)O)[C@]13C. The number of aliphatic carboxylic acids is 1. The van der Waals surface area contributed by atoms with Gasteiger partial charge in [-0.3, -0.25) is 14.4 Å². The zero-order chi connectivity index (χ0) is 26.6. The van der Waals surface area contributed by atoms with Crippen molar-refractivity contribution in [3.8, 4) is 0 Å². The first-order valence-corrected chi connectivity index (χ1v) is 13.7. The van der Waals surface area contributed by atoms with Crippen LogP contribution in [0, 0.1) is 28.1 Å². The molecule has 1 aliphatic heterocycles. The van der Waals surface area contributed by atoms with Crippen molar-refractivity contribution >= 4 is 17.5 Å². The fraction of sp³-hybridized carbons (Fsp3) is 0.828. The molecule has 0 radical (unpaired) electrons. The second-order valence-electron chi connectivity index (χ2n) is 11.6. The van der Waals surface area contributed by atoms with E-state index in [9.17, 15) is 24.6 Å². The first kappa shape index (κ1) is 28.0. The van der Waals surface area contributed by atoms with Gasteiger partial charge in [-0.25, -0.2) is 0 Å². The standard InChI is InChI=1S/C25H34O6.2C2H6/c1-14(26)17-12-15-11-16(27)5-8-21(15,2)25-19(31-25)13-22(3)18(23(17,25)4)6-9-24(22,30)10-7-20(28)29;2*1-2/h11,17-19,30H,5-10,12-13H2,1-4H3,(H,28,29);2*1-2H3/t17-,18+,19+,21-,22-,23-,24+,25-;;/m0../s1. The highest BCUT2D eigenvalue weighted by Crippen LogP contribution is 2.82.